The Kier molecular flexibility index (Phi) is 5.63. The molecule has 4 atom stereocenters. The Bertz CT molecular complexity index is 276. The third-order valence-corrected chi connectivity index (χ3v) is 4.50. The lowest BCUT2D eigenvalue weighted by molar-refractivity contribution is -0.125. The molecule has 0 spiro atoms. The predicted molar refractivity (Wildman–Crippen MR) is 71.4 cm³/mol. The fourth-order valence-corrected chi connectivity index (χ4v) is 3.53. The molecule has 4 nitrogen and oxygen atoms in total. The standard InChI is InChI=1S/C14H26N2O2/c1-3-11(13(15)17)9-6-5-7-10(8-9)12(4-2)14(16)18/h9-12H,3-8H2,1-2H3,(H2,15,17)(H2,16,18). The first kappa shape index (κ1) is 15.0. The minimum atomic E-state index is -0.199. The zero-order chi connectivity index (χ0) is 13.7. The van der Waals surface area contributed by atoms with E-state index in [0.717, 1.165) is 38.5 Å². The number of nitrogens with two attached hydrogens (primary N) is 2. The Labute approximate surface area is 109 Å². The van der Waals surface area contributed by atoms with Gasteiger partial charge in [-0.05, 0) is 43.9 Å². The first-order valence-corrected chi connectivity index (χ1v) is 7.09. The highest BCUT2D eigenvalue weighted by Crippen LogP contribution is 2.39. The molecule has 1 fully saturated rings. The Morgan fingerprint density at radius 2 is 1.39 bits per heavy atom. The van der Waals surface area contributed by atoms with E-state index in [0.29, 0.717) is 11.8 Å². The van der Waals surface area contributed by atoms with Crippen molar-refractivity contribution in [1.82, 2.24) is 0 Å². The molecule has 0 aromatic carbocycles. The molecule has 1 aliphatic rings. The van der Waals surface area contributed by atoms with Crippen LogP contribution in [0.25, 0.3) is 0 Å². The maximum atomic E-state index is 11.4. The number of carbonyl (C=O) groups excluding carboxylic acids is 2. The predicted octanol–water partition coefficient (Wildman–Crippen LogP) is 1.82. The molecule has 0 bridgehead atoms. The zero-order valence-corrected chi connectivity index (χ0v) is 11.5. The van der Waals surface area contributed by atoms with Crippen LogP contribution in [0, 0.1) is 23.7 Å². The smallest absolute Gasteiger partial charge is 0.220 e. The van der Waals surface area contributed by atoms with Gasteiger partial charge in [-0.15, -0.1) is 0 Å². The average molecular weight is 254 g/mol. The SMILES string of the molecule is CCC(C(N)=O)C1CCCC(C(CC)C(N)=O)C1. The summed E-state index contributed by atoms with van der Waals surface area (Å²) < 4.78 is 0. The fraction of sp³-hybridized carbons (Fsp3) is 0.857. The lowest BCUT2D eigenvalue weighted by atomic mass is 9.69. The molecular weight excluding hydrogens is 228 g/mol. The Balaban J connectivity index is 2.70. The van der Waals surface area contributed by atoms with E-state index in [1.807, 2.05) is 13.8 Å². The van der Waals surface area contributed by atoms with Crippen molar-refractivity contribution in [3.05, 3.63) is 0 Å². The lowest BCUT2D eigenvalue weighted by Crippen LogP contribution is -2.37. The van der Waals surface area contributed by atoms with E-state index in [-0.39, 0.29) is 23.7 Å². The van der Waals surface area contributed by atoms with Gasteiger partial charge >= 0.3 is 0 Å². The maximum absolute atomic E-state index is 11.4. The minimum Gasteiger partial charge on any atom is -0.369 e. The molecule has 2 amide bonds. The second-order valence-corrected chi connectivity index (χ2v) is 5.52. The molecule has 4 heteroatoms. The molecule has 4 N–H and O–H groups in total. The van der Waals surface area contributed by atoms with E-state index >= 15 is 0 Å². The quantitative estimate of drug-likeness (QED) is 0.757. The van der Waals surface area contributed by atoms with Crippen LogP contribution in [-0.4, -0.2) is 11.8 Å². The van der Waals surface area contributed by atoms with Gasteiger partial charge in [-0.2, -0.15) is 0 Å². The summed E-state index contributed by atoms with van der Waals surface area (Å²) in [6.07, 6.45) is 5.67. The van der Waals surface area contributed by atoms with E-state index in [9.17, 15) is 9.59 Å². The average Bonchev–Trinajstić information content (AvgIpc) is 2.30. The van der Waals surface area contributed by atoms with Crippen LogP contribution in [-0.2, 0) is 9.59 Å². The van der Waals surface area contributed by atoms with Crippen LogP contribution in [0.2, 0.25) is 0 Å². The third-order valence-electron chi connectivity index (χ3n) is 4.50. The van der Waals surface area contributed by atoms with Crippen LogP contribution in [0.15, 0.2) is 0 Å². The Morgan fingerprint density at radius 1 is 1.00 bits per heavy atom. The number of primary amides is 2. The van der Waals surface area contributed by atoms with Gasteiger partial charge in [-0.1, -0.05) is 20.3 Å². The molecule has 0 aromatic heterocycles. The molecule has 0 aromatic rings. The van der Waals surface area contributed by atoms with Gasteiger partial charge in [-0.3, -0.25) is 9.59 Å². The molecule has 4 unspecified atom stereocenters. The van der Waals surface area contributed by atoms with Gasteiger partial charge in [-0.25, -0.2) is 0 Å². The van der Waals surface area contributed by atoms with E-state index in [2.05, 4.69) is 0 Å². The fourth-order valence-electron chi connectivity index (χ4n) is 3.53. The van der Waals surface area contributed by atoms with E-state index in [4.69, 9.17) is 11.5 Å². The van der Waals surface area contributed by atoms with Gasteiger partial charge in [0.05, 0.1) is 0 Å². The van der Waals surface area contributed by atoms with E-state index < -0.39 is 0 Å². The summed E-state index contributed by atoms with van der Waals surface area (Å²) in [6, 6.07) is 0. The van der Waals surface area contributed by atoms with Crippen LogP contribution in [0.4, 0.5) is 0 Å². The Morgan fingerprint density at radius 3 is 1.67 bits per heavy atom. The van der Waals surface area contributed by atoms with Crippen LogP contribution in [0.1, 0.15) is 52.4 Å². The summed E-state index contributed by atoms with van der Waals surface area (Å²) in [5.41, 5.74) is 10.9. The summed E-state index contributed by atoms with van der Waals surface area (Å²) >= 11 is 0. The van der Waals surface area contributed by atoms with Crippen molar-refractivity contribution in [2.45, 2.75) is 52.4 Å². The van der Waals surface area contributed by atoms with E-state index in [1.54, 1.807) is 0 Å². The summed E-state index contributed by atoms with van der Waals surface area (Å²) in [7, 11) is 0. The first-order chi connectivity index (χ1) is 8.51. The topological polar surface area (TPSA) is 86.2 Å². The van der Waals surface area contributed by atoms with Crippen molar-refractivity contribution in [2.75, 3.05) is 0 Å². The number of rotatable bonds is 6. The van der Waals surface area contributed by atoms with Crippen molar-refractivity contribution in [3.63, 3.8) is 0 Å². The maximum Gasteiger partial charge on any atom is 0.220 e. The second kappa shape index (κ2) is 6.76. The highest BCUT2D eigenvalue weighted by atomic mass is 16.1. The largest absolute Gasteiger partial charge is 0.369 e. The highest BCUT2D eigenvalue weighted by Gasteiger charge is 2.34. The summed E-state index contributed by atoms with van der Waals surface area (Å²) in [4.78, 5) is 22.9. The summed E-state index contributed by atoms with van der Waals surface area (Å²) in [5.74, 6) is 0.182. The monoisotopic (exact) mass is 254 g/mol. The van der Waals surface area contributed by atoms with Crippen LogP contribution in [0.5, 0.6) is 0 Å². The number of carbonyl (C=O) groups is 2. The minimum absolute atomic E-state index is 0.0433. The second-order valence-electron chi connectivity index (χ2n) is 5.52. The molecule has 0 heterocycles. The summed E-state index contributed by atoms with van der Waals surface area (Å²) in [5, 5.41) is 0. The van der Waals surface area contributed by atoms with Crippen molar-refractivity contribution >= 4 is 11.8 Å². The van der Waals surface area contributed by atoms with Crippen molar-refractivity contribution in [1.29, 1.82) is 0 Å². The third kappa shape index (κ3) is 3.47. The van der Waals surface area contributed by atoms with E-state index in [1.165, 1.54) is 0 Å². The molecule has 0 saturated heterocycles. The molecule has 18 heavy (non-hydrogen) atoms. The summed E-state index contributed by atoms with van der Waals surface area (Å²) in [6.45, 7) is 4.01. The normalized spacial score (nSPS) is 27.4. The molecule has 1 aliphatic carbocycles. The van der Waals surface area contributed by atoms with Gasteiger partial charge in [0, 0.05) is 11.8 Å². The van der Waals surface area contributed by atoms with Gasteiger partial charge in [0.2, 0.25) is 11.8 Å². The highest BCUT2D eigenvalue weighted by molar-refractivity contribution is 5.77. The first-order valence-electron chi connectivity index (χ1n) is 7.09. The van der Waals surface area contributed by atoms with Crippen molar-refractivity contribution in [2.24, 2.45) is 35.1 Å². The van der Waals surface area contributed by atoms with Gasteiger partial charge in [0.1, 0.15) is 0 Å². The van der Waals surface area contributed by atoms with Crippen LogP contribution < -0.4 is 11.5 Å². The zero-order valence-electron chi connectivity index (χ0n) is 11.5. The van der Waals surface area contributed by atoms with Gasteiger partial charge in [0.25, 0.3) is 0 Å². The van der Waals surface area contributed by atoms with Crippen molar-refractivity contribution in [3.8, 4) is 0 Å². The molecule has 0 radical (unpaired) electrons. The molecule has 1 rings (SSSR count). The molecule has 0 aliphatic heterocycles. The Hall–Kier alpha value is -1.06. The number of hydrogen-bond acceptors (Lipinski definition) is 2. The van der Waals surface area contributed by atoms with Crippen LogP contribution >= 0.6 is 0 Å². The molecular formula is C14H26N2O2. The number of hydrogen-bond donors (Lipinski definition) is 2. The van der Waals surface area contributed by atoms with Crippen LogP contribution in [0.3, 0.4) is 0 Å². The lowest BCUT2D eigenvalue weighted by Gasteiger charge is -2.35. The number of amides is 2. The molecule has 1 saturated carbocycles. The molecule has 104 valence electrons. The van der Waals surface area contributed by atoms with Gasteiger partial charge in [0.15, 0.2) is 0 Å². The van der Waals surface area contributed by atoms with Crippen molar-refractivity contribution < 1.29 is 9.59 Å². The van der Waals surface area contributed by atoms with Gasteiger partial charge < -0.3 is 11.5 Å².